The molecule has 0 radical (unpaired) electrons. The van der Waals surface area contributed by atoms with Crippen LogP contribution in [0.3, 0.4) is 0 Å². The molecule has 0 amide bonds. The molecule has 0 aliphatic carbocycles. The first-order valence-electron chi connectivity index (χ1n) is 10.9. The van der Waals surface area contributed by atoms with Gasteiger partial charge in [0.1, 0.15) is 11.6 Å². The van der Waals surface area contributed by atoms with Crippen LogP contribution < -0.4 is 4.74 Å². The van der Waals surface area contributed by atoms with E-state index in [4.69, 9.17) is 21.3 Å². The number of fused-ring (bicyclic) bond motifs is 1. The molecule has 0 saturated heterocycles. The number of aromatic nitrogens is 2. The van der Waals surface area contributed by atoms with Crippen LogP contribution in [0.25, 0.3) is 11.0 Å². The van der Waals surface area contributed by atoms with Crippen molar-refractivity contribution in [3.05, 3.63) is 94.3 Å². The summed E-state index contributed by atoms with van der Waals surface area (Å²) in [6.45, 7) is 8.03. The van der Waals surface area contributed by atoms with Crippen LogP contribution in [0.2, 0.25) is 5.02 Å². The standard InChI is InChI=1S/C27H29ClN2O/c1-19(2)22-14-13-20(3)17-26(22)31-16-8-15-30-25-12-7-6-11-24(25)29-27(30)18-21-9-4-5-10-23(21)28/h4-7,9-14,17,19H,8,15-16,18H2,1-3H3. The van der Waals surface area contributed by atoms with Gasteiger partial charge in [0.25, 0.3) is 0 Å². The van der Waals surface area contributed by atoms with Crippen LogP contribution in [0.4, 0.5) is 0 Å². The van der Waals surface area contributed by atoms with E-state index in [0.717, 1.165) is 46.2 Å². The molecule has 3 nitrogen and oxygen atoms in total. The van der Waals surface area contributed by atoms with Crippen molar-refractivity contribution in [2.45, 2.75) is 46.1 Å². The van der Waals surface area contributed by atoms with E-state index in [9.17, 15) is 0 Å². The summed E-state index contributed by atoms with van der Waals surface area (Å²) in [7, 11) is 0. The van der Waals surface area contributed by atoms with Crippen molar-refractivity contribution >= 4 is 22.6 Å². The lowest BCUT2D eigenvalue weighted by Crippen LogP contribution is -2.09. The SMILES string of the molecule is Cc1ccc(C(C)C)c(OCCCn2c(Cc3ccccc3Cl)nc3ccccc32)c1. The predicted octanol–water partition coefficient (Wildman–Crippen LogP) is 7.18. The van der Waals surface area contributed by atoms with Crippen molar-refractivity contribution in [1.29, 1.82) is 0 Å². The molecule has 0 bridgehead atoms. The van der Waals surface area contributed by atoms with Gasteiger partial charge in [-0.25, -0.2) is 4.98 Å². The highest BCUT2D eigenvalue weighted by atomic mass is 35.5. The zero-order valence-corrected chi connectivity index (χ0v) is 19.2. The Bertz CT molecular complexity index is 1180. The lowest BCUT2D eigenvalue weighted by Gasteiger charge is -2.15. The first-order valence-corrected chi connectivity index (χ1v) is 11.3. The van der Waals surface area contributed by atoms with Gasteiger partial charge in [-0.3, -0.25) is 0 Å². The highest BCUT2D eigenvalue weighted by molar-refractivity contribution is 6.31. The zero-order valence-electron chi connectivity index (χ0n) is 18.4. The third-order valence-electron chi connectivity index (χ3n) is 5.61. The minimum Gasteiger partial charge on any atom is -0.493 e. The molecule has 4 heteroatoms. The average molecular weight is 433 g/mol. The van der Waals surface area contributed by atoms with Crippen LogP contribution in [-0.2, 0) is 13.0 Å². The van der Waals surface area contributed by atoms with E-state index in [0.29, 0.717) is 18.9 Å². The molecule has 0 atom stereocenters. The molecule has 0 N–H and O–H groups in total. The number of aryl methyl sites for hydroxylation is 2. The largest absolute Gasteiger partial charge is 0.493 e. The van der Waals surface area contributed by atoms with Gasteiger partial charge in [-0.15, -0.1) is 0 Å². The maximum atomic E-state index is 6.42. The van der Waals surface area contributed by atoms with Gasteiger partial charge in [0.2, 0.25) is 0 Å². The van der Waals surface area contributed by atoms with Crippen molar-refractivity contribution in [2.24, 2.45) is 0 Å². The molecular weight excluding hydrogens is 404 g/mol. The molecule has 0 aliphatic heterocycles. The van der Waals surface area contributed by atoms with Crippen LogP contribution >= 0.6 is 11.6 Å². The quantitative estimate of drug-likeness (QED) is 0.275. The predicted molar refractivity (Wildman–Crippen MR) is 129 cm³/mol. The summed E-state index contributed by atoms with van der Waals surface area (Å²) in [5.41, 5.74) is 5.76. The molecular formula is C27H29ClN2O. The Kier molecular flexibility index (Phi) is 6.62. The second kappa shape index (κ2) is 9.57. The number of imidazole rings is 1. The van der Waals surface area contributed by atoms with Gasteiger partial charge in [0.05, 0.1) is 17.6 Å². The maximum Gasteiger partial charge on any atom is 0.123 e. The molecule has 160 valence electrons. The summed E-state index contributed by atoms with van der Waals surface area (Å²) >= 11 is 6.42. The molecule has 4 aromatic rings. The first-order chi connectivity index (χ1) is 15.0. The summed E-state index contributed by atoms with van der Waals surface area (Å²) in [6.07, 6.45) is 1.62. The second-order valence-electron chi connectivity index (χ2n) is 8.33. The van der Waals surface area contributed by atoms with Crippen molar-refractivity contribution < 1.29 is 4.74 Å². The Labute approximate surface area is 189 Å². The van der Waals surface area contributed by atoms with Gasteiger partial charge in [-0.05, 0) is 60.2 Å². The molecule has 3 aromatic carbocycles. The fourth-order valence-electron chi connectivity index (χ4n) is 3.97. The summed E-state index contributed by atoms with van der Waals surface area (Å²) < 4.78 is 8.52. The summed E-state index contributed by atoms with van der Waals surface area (Å²) in [6, 6.07) is 22.8. The second-order valence-corrected chi connectivity index (χ2v) is 8.74. The van der Waals surface area contributed by atoms with Crippen LogP contribution in [0.15, 0.2) is 66.7 Å². The first kappa shape index (κ1) is 21.5. The van der Waals surface area contributed by atoms with Crippen LogP contribution in [0.5, 0.6) is 5.75 Å². The third-order valence-corrected chi connectivity index (χ3v) is 5.98. The molecule has 0 saturated carbocycles. The van der Waals surface area contributed by atoms with E-state index in [-0.39, 0.29) is 0 Å². The Morgan fingerprint density at radius 3 is 2.58 bits per heavy atom. The normalized spacial score (nSPS) is 11.4. The molecule has 0 fully saturated rings. The number of para-hydroxylation sites is 2. The Morgan fingerprint density at radius 2 is 1.77 bits per heavy atom. The molecule has 0 aliphatic rings. The molecule has 31 heavy (non-hydrogen) atoms. The molecule has 4 rings (SSSR count). The molecule has 0 spiro atoms. The maximum absolute atomic E-state index is 6.42. The summed E-state index contributed by atoms with van der Waals surface area (Å²) in [5, 5.41) is 0.783. The van der Waals surface area contributed by atoms with Crippen LogP contribution in [0.1, 0.15) is 48.7 Å². The van der Waals surface area contributed by atoms with Gasteiger partial charge < -0.3 is 9.30 Å². The number of rotatable bonds is 8. The summed E-state index contributed by atoms with van der Waals surface area (Å²) in [5.74, 6) is 2.48. The van der Waals surface area contributed by atoms with E-state index >= 15 is 0 Å². The monoisotopic (exact) mass is 432 g/mol. The Hall–Kier alpha value is -2.78. The number of hydrogen-bond donors (Lipinski definition) is 0. The summed E-state index contributed by atoms with van der Waals surface area (Å²) in [4.78, 5) is 4.90. The van der Waals surface area contributed by atoms with E-state index in [1.807, 2.05) is 24.3 Å². The number of hydrogen-bond acceptors (Lipinski definition) is 2. The smallest absolute Gasteiger partial charge is 0.123 e. The van der Waals surface area contributed by atoms with Crippen molar-refractivity contribution in [3.63, 3.8) is 0 Å². The van der Waals surface area contributed by atoms with Crippen LogP contribution in [-0.4, -0.2) is 16.2 Å². The van der Waals surface area contributed by atoms with E-state index < -0.39 is 0 Å². The Balaban J connectivity index is 1.51. The van der Waals surface area contributed by atoms with Crippen molar-refractivity contribution in [3.8, 4) is 5.75 Å². The average Bonchev–Trinajstić information content (AvgIpc) is 3.10. The fraction of sp³-hybridized carbons (Fsp3) is 0.296. The van der Waals surface area contributed by atoms with Crippen molar-refractivity contribution in [1.82, 2.24) is 9.55 Å². The lowest BCUT2D eigenvalue weighted by atomic mass is 10.0. The number of benzene rings is 3. The Morgan fingerprint density at radius 1 is 1.00 bits per heavy atom. The number of ether oxygens (including phenoxy) is 1. The molecule has 0 unspecified atom stereocenters. The molecule has 1 aromatic heterocycles. The van der Waals surface area contributed by atoms with Crippen molar-refractivity contribution in [2.75, 3.05) is 6.61 Å². The number of nitrogens with zero attached hydrogens (tertiary/aromatic N) is 2. The third kappa shape index (κ3) is 4.94. The van der Waals surface area contributed by atoms with Gasteiger partial charge in [0.15, 0.2) is 0 Å². The van der Waals surface area contributed by atoms with Crippen LogP contribution in [0, 0.1) is 6.92 Å². The van der Waals surface area contributed by atoms with Gasteiger partial charge in [0, 0.05) is 18.0 Å². The van der Waals surface area contributed by atoms with E-state index in [1.54, 1.807) is 0 Å². The van der Waals surface area contributed by atoms with Gasteiger partial charge in [-0.1, -0.05) is 67.9 Å². The van der Waals surface area contributed by atoms with E-state index in [2.05, 4.69) is 67.8 Å². The number of halogens is 1. The zero-order chi connectivity index (χ0) is 21.8. The minimum atomic E-state index is 0.440. The van der Waals surface area contributed by atoms with Gasteiger partial charge >= 0.3 is 0 Å². The minimum absolute atomic E-state index is 0.440. The van der Waals surface area contributed by atoms with Gasteiger partial charge in [-0.2, -0.15) is 0 Å². The van der Waals surface area contributed by atoms with E-state index in [1.165, 1.54) is 11.1 Å². The highest BCUT2D eigenvalue weighted by Crippen LogP contribution is 2.28. The molecule has 1 heterocycles. The lowest BCUT2D eigenvalue weighted by molar-refractivity contribution is 0.298. The highest BCUT2D eigenvalue weighted by Gasteiger charge is 2.13. The fourth-order valence-corrected chi connectivity index (χ4v) is 4.17. The topological polar surface area (TPSA) is 27.1 Å².